The molecule has 0 unspecified atom stereocenters. The predicted molar refractivity (Wildman–Crippen MR) is 67.5 cm³/mol. The Morgan fingerprint density at radius 1 is 1.28 bits per heavy atom. The Morgan fingerprint density at radius 3 is 2.72 bits per heavy atom. The molecule has 0 radical (unpaired) electrons. The fourth-order valence-electron chi connectivity index (χ4n) is 1.45. The molecular formula is C12H16ClF2NO2. The van der Waals surface area contributed by atoms with Gasteiger partial charge in [0.1, 0.15) is 5.75 Å². The van der Waals surface area contributed by atoms with E-state index in [0.29, 0.717) is 12.2 Å². The van der Waals surface area contributed by atoms with Crippen LogP contribution in [0.3, 0.4) is 0 Å². The van der Waals surface area contributed by atoms with Crippen LogP contribution in [-0.4, -0.2) is 24.9 Å². The van der Waals surface area contributed by atoms with Crippen molar-refractivity contribution in [2.45, 2.75) is 25.9 Å². The summed E-state index contributed by atoms with van der Waals surface area (Å²) in [6.45, 7) is -1.99. The molecule has 0 heterocycles. The molecular weight excluding hydrogens is 264 g/mol. The molecule has 0 aromatic heterocycles. The molecule has 0 spiro atoms. The highest BCUT2D eigenvalue weighted by atomic mass is 35.5. The van der Waals surface area contributed by atoms with Gasteiger partial charge < -0.3 is 15.2 Å². The molecule has 2 N–H and O–H groups in total. The minimum atomic E-state index is -2.89. The van der Waals surface area contributed by atoms with E-state index >= 15 is 0 Å². The Hall–Kier alpha value is -1.07. The molecule has 0 atom stereocenters. The second-order valence-electron chi connectivity index (χ2n) is 3.73. The second-order valence-corrected chi connectivity index (χ2v) is 4.14. The zero-order valence-corrected chi connectivity index (χ0v) is 10.6. The van der Waals surface area contributed by atoms with Crippen molar-refractivity contribution in [2.75, 3.05) is 18.5 Å². The lowest BCUT2D eigenvalue weighted by Crippen LogP contribution is -2.05. The van der Waals surface area contributed by atoms with Crippen LogP contribution in [0, 0.1) is 0 Å². The highest BCUT2D eigenvalue weighted by molar-refractivity contribution is 6.32. The third-order valence-corrected chi connectivity index (χ3v) is 2.62. The highest BCUT2D eigenvalue weighted by Gasteiger charge is 2.09. The van der Waals surface area contributed by atoms with Crippen LogP contribution in [0.1, 0.15) is 19.3 Å². The Labute approximate surface area is 110 Å². The quantitative estimate of drug-likeness (QED) is 0.716. The molecule has 1 aromatic carbocycles. The average molecular weight is 280 g/mol. The zero-order chi connectivity index (χ0) is 13.4. The van der Waals surface area contributed by atoms with E-state index in [0.717, 1.165) is 19.3 Å². The third-order valence-electron chi connectivity index (χ3n) is 2.31. The van der Waals surface area contributed by atoms with Crippen molar-refractivity contribution in [1.82, 2.24) is 0 Å². The van der Waals surface area contributed by atoms with Crippen LogP contribution in [0.25, 0.3) is 0 Å². The van der Waals surface area contributed by atoms with Crippen molar-refractivity contribution < 1.29 is 18.6 Å². The smallest absolute Gasteiger partial charge is 0.387 e. The highest BCUT2D eigenvalue weighted by Crippen LogP contribution is 2.29. The first-order chi connectivity index (χ1) is 8.63. The van der Waals surface area contributed by atoms with Crippen molar-refractivity contribution in [1.29, 1.82) is 0 Å². The number of halogens is 3. The number of anilines is 1. The van der Waals surface area contributed by atoms with Gasteiger partial charge in [0.25, 0.3) is 0 Å². The first-order valence-corrected chi connectivity index (χ1v) is 6.10. The number of unbranched alkanes of at least 4 members (excludes halogenated alkanes) is 2. The van der Waals surface area contributed by atoms with Crippen LogP contribution >= 0.6 is 11.6 Å². The largest absolute Gasteiger partial charge is 0.433 e. The number of benzene rings is 1. The van der Waals surface area contributed by atoms with Gasteiger partial charge in [-0.15, -0.1) is 0 Å². The first-order valence-electron chi connectivity index (χ1n) is 5.72. The van der Waals surface area contributed by atoms with Gasteiger partial charge in [0, 0.05) is 24.9 Å². The monoisotopic (exact) mass is 279 g/mol. The lowest BCUT2D eigenvalue weighted by atomic mass is 10.2. The molecule has 0 saturated carbocycles. The van der Waals surface area contributed by atoms with Crippen LogP contribution in [0.2, 0.25) is 5.02 Å². The number of hydrogen-bond donors (Lipinski definition) is 2. The van der Waals surface area contributed by atoms with Crippen LogP contribution in [0.4, 0.5) is 14.5 Å². The number of hydrogen-bond acceptors (Lipinski definition) is 3. The number of aliphatic hydroxyl groups excluding tert-OH is 1. The van der Waals surface area contributed by atoms with E-state index in [9.17, 15) is 8.78 Å². The van der Waals surface area contributed by atoms with Crippen molar-refractivity contribution in [3.8, 4) is 5.75 Å². The van der Waals surface area contributed by atoms with Crippen molar-refractivity contribution >= 4 is 17.3 Å². The van der Waals surface area contributed by atoms with Crippen LogP contribution < -0.4 is 10.1 Å². The summed E-state index contributed by atoms with van der Waals surface area (Å²) in [6, 6.07) is 4.66. The van der Waals surface area contributed by atoms with Gasteiger partial charge in [-0.2, -0.15) is 8.78 Å². The molecule has 102 valence electrons. The SMILES string of the molecule is OCCCCCNc1ccc(Cl)c(OC(F)F)c1. The summed E-state index contributed by atoms with van der Waals surface area (Å²) in [5, 5.41) is 11.8. The van der Waals surface area contributed by atoms with Gasteiger partial charge in [-0.1, -0.05) is 11.6 Å². The topological polar surface area (TPSA) is 41.5 Å². The van der Waals surface area contributed by atoms with Crippen molar-refractivity contribution in [3.63, 3.8) is 0 Å². The lowest BCUT2D eigenvalue weighted by molar-refractivity contribution is -0.0497. The number of ether oxygens (including phenoxy) is 1. The van der Waals surface area contributed by atoms with Crippen LogP contribution in [-0.2, 0) is 0 Å². The molecule has 0 aliphatic carbocycles. The average Bonchev–Trinajstić information content (AvgIpc) is 2.32. The minimum Gasteiger partial charge on any atom is -0.433 e. The normalized spacial score (nSPS) is 10.7. The van der Waals surface area contributed by atoms with E-state index in [1.807, 2.05) is 0 Å². The summed E-state index contributed by atoms with van der Waals surface area (Å²) in [5.41, 5.74) is 0.680. The van der Waals surface area contributed by atoms with Gasteiger partial charge >= 0.3 is 6.61 Å². The van der Waals surface area contributed by atoms with Crippen molar-refractivity contribution in [2.24, 2.45) is 0 Å². The molecule has 6 heteroatoms. The number of rotatable bonds is 8. The maximum atomic E-state index is 12.1. The molecule has 18 heavy (non-hydrogen) atoms. The van der Waals surface area contributed by atoms with Crippen LogP contribution in [0.5, 0.6) is 5.75 Å². The van der Waals surface area contributed by atoms with Gasteiger partial charge in [-0.25, -0.2) is 0 Å². The van der Waals surface area contributed by atoms with Gasteiger partial charge in [-0.05, 0) is 31.4 Å². The second kappa shape index (κ2) is 8.11. The van der Waals surface area contributed by atoms with Gasteiger partial charge in [-0.3, -0.25) is 0 Å². The van der Waals surface area contributed by atoms with Crippen molar-refractivity contribution in [3.05, 3.63) is 23.2 Å². The molecule has 1 aromatic rings. The Morgan fingerprint density at radius 2 is 2.06 bits per heavy atom. The fourth-order valence-corrected chi connectivity index (χ4v) is 1.61. The Balaban J connectivity index is 2.46. The van der Waals surface area contributed by atoms with Gasteiger partial charge in [0.15, 0.2) is 0 Å². The maximum Gasteiger partial charge on any atom is 0.387 e. The first kappa shape index (κ1) is 15.0. The molecule has 0 amide bonds. The summed E-state index contributed by atoms with van der Waals surface area (Å²) in [7, 11) is 0. The number of aliphatic hydroxyl groups is 1. The number of nitrogens with one attached hydrogen (secondary N) is 1. The van der Waals surface area contributed by atoms with Gasteiger partial charge in [0.2, 0.25) is 0 Å². The lowest BCUT2D eigenvalue weighted by Gasteiger charge is -2.10. The summed E-state index contributed by atoms with van der Waals surface area (Å²) in [5.74, 6) is -0.0352. The van der Waals surface area contributed by atoms with E-state index in [-0.39, 0.29) is 17.4 Å². The van der Waals surface area contributed by atoms with E-state index in [1.54, 1.807) is 6.07 Å². The van der Waals surface area contributed by atoms with E-state index in [2.05, 4.69) is 10.1 Å². The zero-order valence-electron chi connectivity index (χ0n) is 9.83. The minimum absolute atomic E-state index is 0.0352. The maximum absolute atomic E-state index is 12.1. The molecule has 0 bridgehead atoms. The van der Waals surface area contributed by atoms with Gasteiger partial charge in [0.05, 0.1) is 5.02 Å². The molecule has 3 nitrogen and oxygen atoms in total. The third kappa shape index (κ3) is 5.51. The summed E-state index contributed by atoms with van der Waals surface area (Å²) in [4.78, 5) is 0. The predicted octanol–water partition coefficient (Wildman–Crippen LogP) is 3.52. The molecule has 0 saturated heterocycles. The summed E-state index contributed by atoms with van der Waals surface area (Å²) >= 11 is 5.73. The molecule has 1 rings (SSSR count). The number of alkyl halides is 2. The Bertz CT molecular complexity index is 364. The van der Waals surface area contributed by atoms with E-state index in [1.165, 1.54) is 12.1 Å². The summed E-state index contributed by atoms with van der Waals surface area (Å²) < 4.78 is 28.5. The standard InChI is InChI=1S/C12H16ClF2NO2/c13-10-5-4-9(8-11(10)18-12(14)15)16-6-2-1-3-7-17/h4-5,8,12,16-17H,1-3,6-7H2. The van der Waals surface area contributed by atoms with E-state index in [4.69, 9.17) is 16.7 Å². The molecule has 0 aliphatic rings. The Kier molecular flexibility index (Phi) is 6.75. The van der Waals surface area contributed by atoms with Crippen LogP contribution in [0.15, 0.2) is 18.2 Å². The molecule has 0 aliphatic heterocycles. The van der Waals surface area contributed by atoms with E-state index < -0.39 is 6.61 Å². The summed E-state index contributed by atoms with van der Waals surface area (Å²) in [6.07, 6.45) is 2.58. The fraction of sp³-hybridized carbons (Fsp3) is 0.500. The molecule has 0 fully saturated rings.